The van der Waals surface area contributed by atoms with Gasteiger partial charge in [-0.2, -0.15) is 9.97 Å². The number of hydrogen-bond donors (Lipinski definition) is 3. The minimum atomic E-state index is -0.459. The minimum Gasteiger partial charge on any atom is -0.508 e. The number of rotatable bonds is 5. The first-order chi connectivity index (χ1) is 11.4. The number of para-hydroxylation sites is 1. The summed E-state index contributed by atoms with van der Waals surface area (Å²) >= 11 is 0. The molecule has 0 spiro atoms. The van der Waals surface area contributed by atoms with Gasteiger partial charge in [0.15, 0.2) is 0 Å². The fourth-order valence-corrected chi connectivity index (χ4v) is 3.12. The Bertz CT molecular complexity index is 752. The maximum absolute atomic E-state index is 9.98. The van der Waals surface area contributed by atoms with E-state index in [9.17, 15) is 5.11 Å². The Hall–Kier alpha value is -2.54. The van der Waals surface area contributed by atoms with Crippen LogP contribution in [0.15, 0.2) is 24.3 Å². The van der Waals surface area contributed by atoms with Crippen LogP contribution in [0.5, 0.6) is 11.6 Å². The zero-order valence-corrected chi connectivity index (χ0v) is 14.0. The number of fused-ring (bicyclic) bond motifs is 1. The molecule has 2 heterocycles. The van der Waals surface area contributed by atoms with E-state index in [2.05, 4.69) is 21.8 Å². The van der Waals surface area contributed by atoms with E-state index >= 15 is 0 Å². The van der Waals surface area contributed by atoms with Gasteiger partial charge in [-0.3, -0.25) is 4.90 Å². The number of anilines is 2. The summed E-state index contributed by atoms with van der Waals surface area (Å²) in [5, 5.41) is 9.98. The molecular weight excluding hydrogens is 306 g/mol. The van der Waals surface area contributed by atoms with Crippen LogP contribution in [0.1, 0.15) is 25.0 Å². The van der Waals surface area contributed by atoms with Gasteiger partial charge in [-0.1, -0.05) is 25.1 Å². The highest BCUT2D eigenvalue weighted by Gasteiger charge is 2.39. The molecule has 5 N–H and O–H groups in total. The number of aromatic nitrogens is 2. The van der Waals surface area contributed by atoms with Gasteiger partial charge < -0.3 is 21.3 Å². The molecule has 7 heteroatoms. The second-order valence-electron chi connectivity index (χ2n) is 6.41. The van der Waals surface area contributed by atoms with E-state index in [1.165, 1.54) is 0 Å². The van der Waals surface area contributed by atoms with Gasteiger partial charge in [-0.25, -0.2) is 0 Å². The van der Waals surface area contributed by atoms with Gasteiger partial charge in [-0.15, -0.1) is 0 Å². The molecule has 0 saturated heterocycles. The molecule has 128 valence electrons. The normalized spacial score (nSPS) is 19.3. The number of phenolic OH excluding ortho intramolecular Hbond substituents is 1. The number of nitrogen functional groups attached to an aromatic ring is 2. The summed E-state index contributed by atoms with van der Waals surface area (Å²) in [5.74, 6) is 1.28. The molecule has 1 atom stereocenters. The number of benzene rings is 1. The standard InChI is InChI=1S/C17H23N5O2/c1-3-22(9-11-6-4-5-7-13(11)23)10-17(2)8-12-14(18)20-16(19)21-15(12)24-17/h4-7,23H,3,8-10H2,1-2H3,(H4,18,19,20,21)/t17-/m0/s1. The van der Waals surface area contributed by atoms with Crippen molar-refractivity contribution in [3.05, 3.63) is 35.4 Å². The van der Waals surface area contributed by atoms with Crippen LogP contribution in [-0.4, -0.2) is 38.7 Å². The summed E-state index contributed by atoms with van der Waals surface area (Å²) in [4.78, 5) is 10.4. The summed E-state index contributed by atoms with van der Waals surface area (Å²) in [7, 11) is 0. The molecule has 0 amide bonds. The lowest BCUT2D eigenvalue weighted by molar-refractivity contribution is 0.0588. The van der Waals surface area contributed by atoms with Crippen molar-refractivity contribution in [1.29, 1.82) is 0 Å². The van der Waals surface area contributed by atoms with E-state index in [-0.39, 0.29) is 5.95 Å². The van der Waals surface area contributed by atoms with Crippen LogP contribution in [0.2, 0.25) is 0 Å². The molecule has 0 unspecified atom stereocenters. The van der Waals surface area contributed by atoms with Crippen molar-refractivity contribution >= 4 is 11.8 Å². The van der Waals surface area contributed by atoms with Crippen molar-refractivity contribution in [3.63, 3.8) is 0 Å². The van der Waals surface area contributed by atoms with Crippen molar-refractivity contribution in [2.75, 3.05) is 24.6 Å². The van der Waals surface area contributed by atoms with E-state index in [0.717, 1.165) is 17.7 Å². The molecule has 1 aliphatic rings. The maximum atomic E-state index is 9.98. The monoisotopic (exact) mass is 329 g/mol. The zero-order chi connectivity index (χ0) is 17.3. The van der Waals surface area contributed by atoms with Crippen LogP contribution in [0.4, 0.5) is 11.8 Å². The lowest BCUT2D eigenvalue weighted by atomic mass is 9.99. The number of phenols is 1. The largest absolute Gasteiger partial charge is 0.508 e. The van der Waals surface area contributed by atoms with Gasteiger partial charge in [0.25, 0.3) is 0 Å². The summed E-state index contributed by atoms with van der Waals surface area (Å²) in [5.41, 5.74) is 12.8. The molecule has 0 fully saturated rings. The first kappa shape index (κ1) is 16.3. The van der Waals surface area contributed by atoms with Crippen LogP contribution >= 0.6 is 0 Å². The zero-order valence-electron chi connectivity index (χ0n) is 14.0. The Morgan fingerprint density at radius 3 is 2.75 bits per heavy atom. The van der Waals surface area contributed by atoms with E-state index < -0.39 is 5.60 Å². The fraction of sp³-hybridized carbons (Fsp3) is 0.412. The summed E-state index contributed by atoms with van der Waals surface area (Å²) in [6.45, 7) is 6.25. The van der Waals surface area contributed by atoms with E-state index in [1.54, 1.807) is 6.07 Å². The molecule has 2 aromatic rings. The Morgan fingerprint density at radius 1 is 1.29 bits per heavy atom. The summed E-state index contributed by atoms with van der Waals surface area (Å²) < 4.78 is 6.04. The van der Waals surface area contributed by atoms with Crippen LogP contribution in [0.3, 0.4) is 0 Å². The molecule has 1 aromatic heterocycles. The van der Waals surface area contributed by atoms with Gasteiger partial charge >= 0.3 is 0 Å². The molecule has 0 radical (unpaired) electrons. The number of ether oxygens (including phenoxy) is 1. The highest BCUT2D eigenvalue weighted by molar-refractivity contribution is 5.52. The predicted molar refractivity (Wildman–Crippen MR) is 92.7 cm³/mol. The first-order valence-corrected chi connectivity index (χ1v) is 8.00. The van der Waals surface area contributed by atoms with Gasteiger partial charge in [0.2, 0.25) is 11.8 Å². The average molecular weight is 329 g/mol. The van der Waals surface area contributed by atoms with E-state index in [0.29, 0.717) is 37.0 Å². The molecule has 0 aliphatic carbocycles. The van der Waals surface area contributed by atoms with Gasteiger partial charge in [0.1, 0.15) is 17.2 Å². The number of hydrogen-bond acceptors (Lipinski definition) is 7. The summed E-state index contributed by atoms with van der Waals surface area (Å²) in [6, 6.07) is 7.37. The second kappa shape index (κ2) is 6.16. The van der Waals surface area contributed by atoms with Crippen molar-refractivity contribution in [2.24, 2.45) is 0 Å². The quantitative estimate of drug-likeness (QED) is 0.763. The highest BCUT2D eigenvalue weighted by Crippen LogP contribution is 2.37. The molecule has 7 nitrogen and oxygen atoms in total. The lowest BCUT2D eigenvalue weighted by Gasteiger charge is -2.31. The first-order valence-electron chi connectivity index (χ1n) is 8.00. The summed E-state index contributed by atoms with van der Waals surface area (Å²) in [6.07, 6.45) is 0.631. The molecule has 1 aliphatic heterocycles. The van der Waals surface area contributed by atoms with Crippen molar-refractivity contribution in [2.45, 2.75) is 32.4 Å². The molecule has 24 heavy (non-hydrogen) atoms. The number of nitrogens with two attached hydrogens (primary N) is 2. The third-order valence-corrected chi connectivity index (χ3v) is 4.30. The molecular formula is C17H23N5O2. The van der Waals surface area contributed by atoms with Crippen LogP contribution in [-0.2, 0) is 13.0 Å². The molecule has 0 bridgehead atoms. The number of nitrogens with zero attached hydrogens (tertiary/aromatic N) is 3. The maximum Gasteiger partial charge on any atom is 0.225 e. The molecule has 0 saturated carbocycles. The average Bonchev–Trinajstić information content (AvgIpc) is 2.85. The lowest BCUT2D eigenvalue weighted by Crippen LogP contribution is -2.44. The third kappa shape index (κ3) is 3.21. The molecule has 1 aromatic carbocycles. The van der Waals surface area contributed by atoms with Gasteiger partial charge in [0, 0.05) is 25.1 Å². The van der Waals surface area contributed by atoms with Gasteiger partial charge in [0.05, 0.1) is 5.56 Å². The topological polar surface area (TPSA) is 111 Å². The van der Waals surface area contributed by atoms with Crippen LogP contribution < -0.4 is 16.2 Å². The van der Waals surface area contributed by atoms with Crippen LogP contribution in [0.25, 0.3) is 0 Å². The van der Waals surface area contributed by atoms with E-state index in [4.69, 9.17) is 16.2 Å². The molecule has 3 rings (SSSR count). The fourth-order valence-electron chi connectivity index (χ4n) is 3.12. The Morgan fingerprint density at radius 2 is 2.04 bits per heavy atom. The van der Waals surface area contributed by atoms with Crippen molar-refractivity contribution in [1.82, 2.24) is 14.9 Å². The number of aromatic hydroxyl groups is 1. The smallest absolute Gasteiger partial charge is 0.225 e. The van der Waals surface area contributed by atoms with Crippen LogP contribution in [0, 0.1) is 0 Å². The predicted octanol–water partition coefficient (Wildman–Crippen LogP) is 1.56. The number of likely N-dealkylation sites (N-methyl/N-ethyl adjacent to an activating group) is 1. The Balaban J connectivity index is 1.75. The minimum absolute atomic E-state index is 0.122. The SMILES string of the molecule is CCN(Cc1ccccc1O)C[C@]1(C)Cc2c(N)nc(N)nc2O1. The van der Waals surface area contributed by atoms with E-state index in [1.807, 2.05) is 25.1 Å². The second-order valence-corrected chi connectivity index (χ2v) is 6.41. The van der Waals surface area contributed by atoms with Crippen molar-refractivity contribution in [3.8, 4) is 11.6 Å². The third-order valence-electron chi connectivity index (χ3n) is 4.30. The Kier molecular flexibility index (Phi) is 4.19. The van der Waals surface area contributed by atoms with Gasteiger partial charge in [-0.05, 0) is 19.5 Å². The highest BCUT2D eigenvalue weighted by atomic mass is 16.5. The Labute approximate surface area is 141 Å². The van der Waals surface area contributed by atoms with Crippen molar-refractivity contribution < 1.29 is 9.84 Å².